The number of aromatic nitrogens is 5. The van der Waals surface area contributed by atoms with Gasteiger partial charge in [0, 0.05) is 27.0 Å². The van der Waals surface area contributed by atoms with Crippen LogP contribution in [0.4, 0.5) is 5.69 Å². The predicted octanol–water partition coefficient (Wildman–Crippen LogP) is 5.14. The Morgan fingerprint density at radius 2 is 1.59 bits per heavy atom. The maximum atomic E-state index is 12.6. The van der Waals surface area contributed by atoms with E-state index in [0.29, 0.717) is 37.7 Å². The Kier molecular flexibility index (Phi) is 6.14. The van der Waals surface area contributed by atoms with Gasteiger partial charge in [-0.25, -0.2) is 4.79 Å². The topological polar surface area (TPSA) is 108 Å². The lowest BCUT2D eigenvalue weighted by Gasteiger charge is -2.11. The number of nitrogens with zero attached hydrogens (tertiary/aromatic N) is 3. The average Bonchev–Trinajstić information content (AvgIpc) is 3.41. The lowest BCUT2D eigenvalue weighted by atomic mass is 10.2. The van der Waals surface area contributed by atoms with Crippen LogP contribution in [-0.2, 0) is 4.79 Å². The molecule has 3 N–H and O–H groups in total. The Bertz CT molecular complexity index is 1540. The Labute approximate surface area is 207 Å². The standard InChI is InChI=1S/C23H16Cl2N6O2S/c24-14-3-1-13(2-4-14)21-29-30-23(31(21)17-8-5-15(25)6-9-17)34-12-20(32)26-16-7-10-18-19(11-16)28-22(33)27-18/h1-11H,12H2,(H,26,32)(H2,27,28,33). The number of carbonyl (C=O) groups excluding carboxylic acids is 1. The highest BCUT2D eigenvalue weighted by Gasteiger charge is 2.17. The van der Waals surface area contributed by atoms with Crippen LogP contribution >= 0.6 is 35.0 Å². The zero-order chi connectivity index (χ0) is 23.7. The van der Waals surface area contributed by atoms with Crippen molar-refractivity contribution in [2.45, 2.75) is 5.16 Å². The van der Waals surface area contributed by atoms with Crippen molar-refractivity contribution in [2.24, 2.45) is 0 Å². The molecule has 2 heterocycles. The van der Waals surface area contributed by atoms with Crippen molar-refractivity contribution in [3.8, 4) is 17.1 Å². The number of benzene rings is 3. The summed E-state index contributed by atoms with van der Waals surface area (Å²) in [6.07, 6.45) is 0. The van der Waals surface area contributed by atoms with E-state index >= 15 is 0 Å². The number of H-pyrrole nitrogens is 2. The summed E-state index contributed by atoms with van der Waals surface area (Å²) in [6.45, 7) is 0. The summed E-state index contributed by atoms with van der Waals surface area (Å²) >= 11 is 13.4. The second-order valence-corrected chi connectivity index (χ2v) is 9.12. The van der Waals surface area contributed by atoms with Crippen LogP contribution in [0.2, 0.25) is 10.0 Å². The first kappa shape index (κ1) is 22.3. The van der Waals surface area contributed by atoms with Crippen LogP contribution in [0.5, 0.6) is 0 Å². The molecule has 8 nitrogen and oxygen atoms in total. The van der Waals surface area contributed by atoms with Gasteiger partial charge in [-0.05, 0) is 66.7 Å². The van der Waals surface area contributed by atoms with Crippen molar-refractivity contribution < 1.29 is 4.79 Å². The molecule has 0 aliphatic rings. The van der Waals surface area contributed by atoms with Gasteiger partial charge in [0.1, 0.15) is 0 Å². The van der Waals surface area contributed by atoms with Gasteiger partial charge in [-0.3, -0.25) is 9.36 Å². The Balaban J connectivity index is 1.39. The summed E-state index contributed by atoms with van der Waals surface area (Å²) in [6, 6.07) is 19.7. The molecule has 0 aliphatic heterocycles. The Morgan fingerprint density at radius 1 is 0.912 bits per heavy atom. The highest BCUT2D eigenvalue weighted by Crippen LogP contribution is 2.29. The van der Waals surface area contributed by atoms with E-state index in [1.807, 2.05) is 28.8 Å². The number of anilines is 1. The van der Waals surface area contributed by atoms with Crippen LogP contribution in [-0.4, -0.2) is 36.4 Å². The van der Waals surface area contributed by atoms with Crippen LogP contribution in [0, 0.1) is 0 Å². The Hall–Kier alpha value is -3.53. The van der Waals surface area contributed by atoms with Crippen molar-refractivity contribution in [1.82, 2.24) is 24.7 Å². The number of halogens is 2. The molecule has 0 aliphatic carbocycles. The molecule has 0 saturated carbocycles. The third-order valence-corrected chi connectivity index (χ3v) is 6.39. The van der Waals surface area contributed by atoms with Gasteiger partial charge in [0.25, 0.3) is 0 Å². The smallest absolute Gasteiger partial charge is 0.323 e. The van der Waals surface area contributed by atoms with E-state index in [-0.39, 0.29) is 17.3 Å². The number of imidazole rings is 1. The second-order valence-electron chi connectivity index (χ2n) is 7.30. The third kappa shape index (κ3) is 4.72. The highest BCUT2D eigenvalue weighted by atomic mass is 35.5. The normalized spacial score (nSPS) is 11.1. The number of fused-ring (bicyclic) bond motifs is 1. The van der Waals surface area contributed by atoms with E-state index in [2.05, 4.69) is 25.5 Å². The molecular weight excluding hydrogens is 495 g/mol. The SMILES string of the molecule is O=C(CSc1nnc(-c2ccc(Cl)cc2)n1-c1ccc(Cl)cc1)Nc1ccc2[nH]c(=O)[nH]c2c1. The molecule has 0 fully saturated rings. The van der Waals surface area contributed by atoms with Gasteiger partial charge in [-0.1, -0.05) is 35.0 Å². The summed E-state index contributed by atoms with van der Waals surface area (Å²) in [7, 11) is 0. The number of aromatic amines is 2. The molecule has 5 aromatic rings. The van der Waals surface area contributed by atoms with Crippen molar-refractivity contribution in [3.05, 3.63) is 87.3 Å². The first-order valence-corrected chi connectivity index (χ1v) is 11.8. The molecule has 0 bridgehead atoms. The van der Waals surface area contributed by atoms with E-state index in [1.54, 1.807) is 42.5 Å². The van der Waals surface area contributed by atoms with Gasteiger partial charge in [0.2, 0.25) is 5.91 Å². The van der Waals surface area contributed by atoms with Crippen LogP contribution in [0.3, 0.4) is 0 Å². The van der Waals surface area contributed by atoms with Gasteiger partial charge in [-0.15, -0.1) is 10.2 Å². The van der Waals surface area contributed by atoms with E-state index in [0.717, 1.165) is 11.3 Å². The average molecular weight is 511 g/mol. The fourth-order valence-electron chi connectivity index (χ4n) is 3.41. The molecule has 0 unspecified atom stereocenters. The predicted molar refractivity (Wildman–Crippen MR) is 135 cm³/mol. The van der Waals surface area contributed by atoms with Crippen molar-refractivity contribution in [3.63, 3.8) is 0 Å². The zero-order valence-corrected chi connectivity index (χ0v) is 19.7. The number of hydrogen-bond donors (Lipinski definition) is 3. The van der Waals surface area contributed by atoms with Crippen molar-refractivity contribution in [2.75, 3.05) is 11.1 Å². The molecule has 5 rings (SSSR count). The van der Waals surface area contributed by atoms with E-state index < -0.39 is 0 Å². The van der Waals surface area contributed by atoms with Crippen LogP contribution < -0.4 is 11.0 Å². The molecule has 3 aromatic carbocycles. The summed E-state index contributed by atoms with van der Waals surface area (Å²) in [4.78, 5) is 29.4. The molecule has 0 spiro atoms. The molecule has 0 saturated heterocycles. The highest BCUT2D eigenvalue weighted by molar-refractivity contribution is 7.99. The van der Waals surface area contributed by atoms with Crippen LogP contribution in [0.15, 0.2) is 76.7 Å². The lowest BCUT2D eigenvalue weighted by molar-refractivity contribution is -0.113. The number of hydrogen-bond acceptors (Lipinski definition) is 5. The first-order valence-electron chi connectivity index (χ1n) is 10.1. The number of amides is 1. The van der Waals surface area contributed by atoms with Gasteiger partial charge < -0.3 is 15.3 Å². The minimum Gasteiger partial charge on any atom is -0.325 e. The number of carbonyl (C=O) groups is 1. The summed E-state index contributed by atoms with van der Waals surface area (Å²) in [5, 5.41) is 13.3. The molecule has 0 radical (unpaired) electrons. The van der Waals surface area contributed by atoms with Gasteiger partial charge in [0.15, 0.2) is 11.0 Å². The quantitative estimate of drug-likeness (QED) is 0.274. The number of rotatable bonds is 6. The maximum absolute atomic E-state index is 12.6. The zero-order valence-electron chi connectivity index (χ0n) is 17.4. The Morgan fingerprint density at radius 3 is 2.32 bits per heavy atom. The summed E-state index contributed by atoms with van der Waals surface area (Å²) in [5.74, 6) is 0.498. The van der Waals surface area contributed by atoms with E-state index in [1.165, 1.54) is 11.8 Å². The second kappa shape index (κ2) is 9.38. The molecule has 2 aromatic heterocycles. The minimum atomic E-state index is -0.299. The summed E-state index contributed by atoms with van der Waals surface area (Å²) < 4.78 is 1.87. The minimum absolute atomic E-state index is 0.105. The largest absolute Gasteiger partial charge is 0.325 e. The lowest BCUT2D eigenvalue weighted by Crippen LogP contribution is -2.14. The maximum Gasteiger partial charge on any atom is 0.323 e. The monoisotopic (exact) mass is 510 g/mol. The van der Waals surface area contributed by atoms with Crippen molar-refractivity contribution in [1.29, 1.82) is 0 Å². The molecule has 1 amide bonds. The van der Waals surface area contributed by atoms with Crippen LogP contribution in [0.25, 0.3) is 28.1 Å². The van der Waals surface area contributed by atoms with Crippen molar-refractivity contribution >= 4 is 57.6 Å². The number of nitrogens with one attached hydrogen (secondary N) is 3. The van der Waals surface area contributed by atoms with E-state index in [4.69, 9.17) is 23.2 Å². The fraction of sp³-hybridized carbons (Fsp3) is 0.0435. The molecule has 11 heteroatoms. The van der Waals surface area contributed by atoms with Gasteiger partial charge in [0.05, 0.1) is 16.8 Å². The number of thioether (sulfide) groups is 1. The van der Waals surface area contributed by atoms with E-state index in [9.17, 15) is 9.59 Å². The molecule has 0 atom stereocenters. The van der Waals surface area contributed by atoms with Gasteiger partial charge in [-0.2, -0.15) is 0 Å². The third-order valence-electron chi connectivity index (χ3n) is 4.95. The first-order chi connectivity index (χ1) is 16.5. The summed E-state index contributed by atoms with van der Waals surface area (Å²) in [5.41, 5.74) is 3.20. The molecule has 170 valence electrons. The van der Waals surface area contributed by atoms with Gasteiger partial charge >= 0.3 is 5.69 Å². The molecular formula is C23H16Cl2N6O2S. The molecule has 34 heavy (non-hydrogen) atoms. The van der Waals surface area contributed by atoms with Crippen LogP contribution in [0.1, 0.15) is 0 Å². The fourth-order valence-corrected chi connectivity index (χ4v) is 4.41.